The number of carbonyl (C=O) groups excluding carboxylic acids is 1. The number of ether oxygens (including phenoxy) is 1. The van der Waals surface area contributed by atoms with Crippen molar-refractivity contribution in [2.75, 3.05) is 24.0 Å². The molecule has 1 aromatic rings. The number of aliphatic hydroxyl groups excluding tert-OH is 1. The third-order valence-corrected chi connectivity index (χ3v) is 2.07. The topological polar surface area (TPSA) is 75.8 Å². The summed E-state index contributed by atoms with van der Waals surface area (Å²) in [5, 5.41) is 9.01. The Balaban J connectivity index is 2.49. The van der Waals surface area contributed by atoms with Crippen molar-refractivity contribution in [3.8, 4) is 5.75 Å². The number of nitrogens with two attached hydrogens (primary N) is 1. The van der Waals surface area contributed by atoms with Gasteiger partial charge >= 0.3 is 0 Å². The molecule has 0 aliphatic carbocycles. The lowest BCUT2D eigenvalue weighted by Crippen LogP contribution is -2.39. The maximum absolute atomic E-state index is 11.3. The predicted octanol–water partition coefficient (Wildman–Crippen LogP) is -0.0560. The molecule has 0 spiro atoms. The molecule has 1 aliphatic heterocycles. The number of rotatable bonds is 1. The van der Waals surface area contributed by atoms with Crippen LogP contribution in [0.3, 0.4) is 0 Å². The molecule has 0 unspecified atom stereocenters. The van der Waals surface area contributed by atoms with Gasteiger partial charge in [-0.1, -0.05) is 0 Å². The van der Waals surface area contributed by atoms with E-state index in [1.54, 1.807) is 18.2 Å². The van der Waals surface area contributed by atoms with Crippen LogP contribution in [0.2, 0.25) is 0 Å². The predicted molar refractivity (Wildman–Crippen MR) is 50.9 cm³/mol. The van der Waals surface area contributed by atoms with Crippen molar-refractivity contribution in [2.24, 2.45) is 0 Å². The fourth-order valence-corrected chi connectivity index (χ4v) is 1.37. The highest BCUT2D eigenvalue weighted by Gasteiger charge is 2.24. The monoisotopic (exact) mass is 194 g/mol. The van der Waals surface area contributed by atoms with Crippen LogP contribution in [0.4, 0.5) is 11.4 Å². The SMILES string of the molecule is Nc1ccc2c(c1)N(CO)C(=O)CO2. The van der Waals surface area contributed by atoms with Gasteiger partial charge in [0.1, 0.15) is 12.5 Å². The van der Waals surface area contributed by atoms with E-state index in [1.807, 2.05) is 0 Å². The van der Waals surface area contributed by atoms with Gasteiger partial charge < -0.3 is 15.6 Å². The van der Waals surface area contributed by atoms with E-state index >= 15 is 0 Å². The van der Waals surface area contributed by atoms with Gasteiger partial charge in [-0.15, -0.1) is 0 Å². The maximum atomic E-state index is 11.3. The first-order valence-electron chi connectivity index (χ1n) is 4.16. The summed E-state index contributed by atoms with van der Waals surface area (Å²) in [4.78, 5) is 12.5. The lowest BCUT2D eigenvalue weighted by Gasteiger charge is -2.27. The molecule has 1 aliphatic rings. The number of anilines is 2. The second kappa shape index (κ2) is 3.19. The molecular weight excluding hydrogens is 184 g/mol. The number of carbonyl (C=O) groups is 1. The summed E-state index contributed by atoms with van der Waals surface area (Å²) in [5.41, 5.74) is 6.61. The quantitative estimate of drug-likeness (QED) is 0.614. The van der Waals surface area contributed by atoms with Crippen LogP contribution in [-0.2, 0) is 4.79 Å². The first-order valence-corrected chi connectivity index (χ1v) is 4.16. The minimum atomic E-state index is -0.362. The summed E-state index contributed by atoms with van der Waals surface area (Å²) in [5.74, 6) is 0.290. The molecule has 0 bridgehead atoms. The fraction of sp³-hybridized carbons (Fsp3) is 0.222. The summed E-state index contributed by atoms with van der Waals surface area (Å²) < 4.78 is 5.16. The van der Waals surface area contributed by atoms with Gasteiger partial charge in [0, 0.05) is 5.69 Å². The zero-order valence-electron chi connectivity index (χ0n) is 7.43. The lowest BCUT2D eigenvalue weighted by molar-refractivity contribution is -0.122. The summed E-state index contributed by atoms with van der Waals surface area (Å²) in [6.07, 6.45) is 0. The first kappa shape index (κ1) is 8.83. The molecule has 0 radical (unpaired) electrons. The van der Waals surface area contributed by atoms with E-state index in [2.05, 4.69) is 0 Å². The number of benzene rings is 1. The van der Waals surface area contributed by atoms with Gasteiger partial charge in [-0.2, -0.15) is 0 Å². The van der Waals surface area contributed by atoms with Gasteiger partial charge in [0.25, 0.3) is 5.91 Å². The smallest absolute Gasteiger partial charge is 0.266 e. The molecule has 0 saturated heterocycles. The Hall–Kier alpha value is -1.75. The molecule has 2 rings (SSSR count). The molecule has 5 heteroatoms. The molecule has 0 aromatic heterocycles. The number of amides is 1. The molecule has 0 saturated carbocycles. The minimum absolute atomic E-state index is 0.0442. The van der Waals surface area contributed by atoms with E-state index in [0.29, 0.717) is 17.1 Å². The van der Waals surface area contributed by atoms with Gasteiger partial charge in [-0.3, -0.25) is 9.69 Å². The van der Waals surface area contributed by atoms with Crippen molar-refractivity contribution in [2.45, 2.75) is 0 Å². The van der Waals surface area contributed by atoms with Crippen LogP contribution in [0.25, 0.3) is 0 Å². The lowest BCUT2D eigenvalue weighted by atomic mass is 10.2. The van der Waals surface area contributed by atoms with E-state index < -0.39 is 0 Å². The minimum Gasteiger partial charge on any atom is -0.482 e. The zero-order chi connectivity index (χ0) is 10.1. The molecule has 1 amide bonds. The van der Waals surface area contributed by atoms with E-state index in [0.717, 1.165) is 0 Å². The van der Waals surface area contributed by atoms with Crippen LogP contribution in [-0.4, -0.2) is 24.4 Å². The molecular formula is C9H10N2O3. The van der Waals surface area contributed by atoms with Crippen LogP contribution >= 0.6 is 0 Å². The Bertz CT molecular complexity index is 378. The Kier molecular flexibility index (Phi) is 2.01. The Morgan fingerprint density at radius 2 is 2.36 bits per heavy atom. The van der Waals surface area contributed by atoms with Gasteiger partial charge in [0.05, 0.1) is 5.69 Å². The van der Waals surface area contributed by atoms with Crippen LogP contribution in [0.1, 0.15) is 0 Å². The Morgan fingerprint density at radius 1 is 1.57 bits per heavy atom. The summed E-state index contributed by atoms with van der Waals surface area (Å²) in [7, 11) is 0. The standard InChI is InChI=1S/C9H10N2O3/c10-6-1-2-8-7(3-6)11(5-12)9(13)4-14-8/h1-3,12H,4-5,10H2. The number of nitrogen functional groups attached to an aromatic ring is 1. The number of hydrogen-bond acceptors (Lipinski definition) is 4. The van der Waals surface area contributed by atoms with Gasteiger partial charge in [0.2, 0.25) is 0 Å². The molecule has 1 aromatic carbocycles. The second-order valence-corrected chi connectivity index (χ2v) is 2.98. The second-order valence-electron chi connectivity index (χ2n) is 2.98. The van der Waals surface area contributed by atoms with Crippen molar-refractivity contribution in [1.82, 2.24) is 0 Å². The third kappa shape index (κ3) is 1.27. The number of fused-ring (bicyclic) bond motifs is 1. The van der Waals surface area contributed by atoms with Crippen LogP contribution < -0.4 is 15.4 Å². The van der Waals surface area contributed by atoms with Crippen LogP contribution in [0.5, 0.6) is 5.75 Å². The van der Waals surface area contributed by atoms with Crippen LogP contribution in [0, 0.1) is 0 Å². The van der Waals surface area contributed by atoms with Crippen molar-refractivity contribution in [3.05, 3.63) is 18.2 Å². The zero-order valence-corrected chi connectivity index (χ0v) is 7.43. The molecule has 0 fully saturated rings. The highest BCUT2D eigenvalue weighted by molar-refractivity contribution is 5.98. The average molecular weight is 194 g/mol. The average Bonchev–Trinajstić information content (AvgIpc) is 2.17. The van der Waals surface area contributed by atoms with E-state index in [9.17, 15) is 4.79 Å². The number of hydrogen-bond donors (Lipinski definition) is 2. The highest BCUT2D eigenvalue weighted by atomic mass is 16.5. The molecule has 5 nitrogen and oxygen atoms in total. The Labute approximate surface area is 80.7 Å². The van der Waals surface area contributed by atoms with Crippen molar-refractivity contribution < 1.29 is 14.6 Å². The fourth-order valence-electron chi connectivity index (χ4n) is 1.37. The van der Waals surface area contributed by atoms with Gasteiger partial charge in [0.15, 0.2) is 6.61 Å². The van der Waals surface area contributed by atoms with E-state index in [4.69, 9.17) is 15.6 Å². The summed E-state index contributed by atoms with van der Waals surface area (Å²) >= 11 is 0. The largest absolute Gasteiger partial charge is 0.482 e. The summed E-state index contributed by atoms with van der Waals surface area (Å²) in [6.45, 7) is -0.407. The Morgan fingerprint density at radius 3 is 3.07 bits per heavy atom. The summed E-state index contributed by atoms with van der Waals surface area (Å²) in [6, 6.07) is 4.96. The molecule has 3 N–H and O–H groups in total. The molecule has 14 heavy (non-hydrogen) atoms. The van der Waals surface area contributed by atoms with Crippen LogP contribution in [0.15, 0.2) is 18.2 Å². The third-order valence-electron chi connectivity index (χ3n) is 2.07. The maximum Gasteiger partial charge on any atom is 0.266 e. The first-order chi connectivity index (χ1) is 6.72. The van der Waals surface area contributed by atoms with Crippen molar-refractivity contribution in [3.63, 3.8) is 0 Å². The van der Waals surface area contributed by atoms with E-state index in [-0.39, 0.29) is 19.2 Å². The van der Waals surface area contributed by atoms with Gasteiger partial charge in [-0.05, 0) is 18.2 Å². The molecule has 1 heterocycles. The van der Waals surface area contributed by atoms with E-state index in [1.165, 1.54) is 4.90 Å². The number of aliphatic hydroxyl groups is 1. The number of nitrogens with zero attached hydrogens (tertiary/aromatic N) is 1. The molecule has 0 atom stereocenters. The van der Waals surface area contributed by atoms with Gasteiger partial charge in [-0.25, -0.2) is 0 Å². The van der Waals surface area contributed by atoms with Crippen molar-refractivity contribution >= 4 is 17.3 Å². The van der Waals surface area contributed by atoms with Crippen molar-refractivity contribution in [1.29, 1.82) is 0 Å². The normalized spacial score (nSPS) is 14.9. The molecule has 74 valence electrons. The highest BCUT2D eigenvalue weighted by Crippen LogP contribution is 2.33.